The number of pyridine rings is 1. The molecule has 0 fully saturated rings. The largest absolute Gasteiger partial charge is 0.320 e. The molecule has 0 aliphatic carbocycles. The Morgan fingerprint density at radius 3 is 3.00 bits per heavy atom. The molecule has 1 N–H and O–H groups in total. The number of amides is 1. The number of rotatable bonds is 2. The van der Waals surface area contributed by atoms with Crippen LogP contribution >= 0.6 is 22.9 Å². The van der Waals surface area contributed by atoms with Crippen molar-refractivity contribution in [1.82, 2.24) is 9.97 Å². The average molecular weight is 240 g/mol. The molecule has 6 heteroatoms. The number of hydrogen-bond acceptors (Lipinski definition) is 4. The van der Waals surface area contributed by atoms with Crippen molar-refractivity contribution in [2.75, 3.05) is 5.32 Å². The Bertz CT molecular complexity index is 472. The number of nitrogens with one attached hydrogen (secondary N) is 1. The normalized spacial score (nSPS) is 9.93. The fourth-order valence-electron chi connectivity index (χ4n) is 1.00. The molecule has 2 aromatic heterocycles. The van der Waals surface area contributed by atoms with Crippen molar-refractivity contribution in [2.24, 2.45) is 0 Å². The Labute approximate surface area is 94.9 Å². The second kappa shape index (κ2) is 4.37. The van der Waals surface area contributed by atoms with Crippen LogP contribution < -0.4 is 5.32 Å². The highest BCUT2D eigenvalue weighted by Gasteiger charge is 2.07. The van der Waals surface area contributed by atoms with Crippen LogP contribution in [0.15, 0.2) is 29.2 Å². The first-order valence-corrected chi connectivity index (χ1v) is 5.39. The number of aromatic nitrogens is 2. The predicted molar refractivity (Wildman–Crippen MR) is 59.3 cm³/mol. The van der Waals surface area contributed by atoms with Gasteiger partial charge in [-0.25, -0.2) is 9.97 Å². The van der Waals surface area contributed by atoms with Gasteiger partial charge in [0.15, 0.2) is 0 Å². The molecule has 0 saturated carbocycles. The molecule has 0 saturated heterocycles. The second-order valence-electron chi connectivity index (χ2n) is 2.70. The Hall–Kier alpha value is -1.46. The summed E-state index contributed by atoms with van der Waals surface area (Å²) in [6.07, 6.45) is 1.53. The van der Waals surface area contributed by atoms with Crippen LogP contribution in [0.3, 0.4) is 0 Å². The highest BCUT2D eigenvalue weighted by atomic mass is 35.5. The fraction of sp³-hybridized carbons (Fsp3) is 0. The van der Waals surface area contributed by atoms with E-state index in [-0.39, 0.29) is 5.91 Å². The minimum Gasteiger partial charge on any atom is -0.320 e. The topological polar surface area (TPSA) is 54.9 Å². The standard InChI is InChI=1S/C9H6ClN3OS/c10-8-3-6(1-2-11-8)13-9(14)7-4-15-5-12-7/h1-5H,(H,11,13,14). The van der Waals surface area contributed by atoms with Crippen LogP contribution in [0.5, 0.6) is 0 Å². The third kappa shape index (κ3) is 2.51. The van der Waals surface area contributed by atoms with Crippen LogP contribution in [0.25, 0.3) is 0 Å². The lowest BCUT2D eigenvalue weighted by Crippen LogP contribution is -2.12. The summed E-state index contributed by atoms with van der Waals surface area (Å²) in [5, 5.41) is 4.68. The Morgan fingerprint density at radius 2 is 2.33 bits per heavy atom. The van der Waals surface area contributed by atoms with Gasteiger partial charge in [-0.2, -0.15) is 0 Å². The van der Waals surface area contributed by atoms with Gasteiger partial charge < -0.3 is 5.32 Å². The number of carbonyl (C=O) groups excluding carboxylic acids is 1. The summed E-state index contributed by atoms with van der Waals surface area (Å²) in [6, 6.07) is 3.24. The average Bonchev–Trinajstić information content (AvgIpc) is 2.70. The maximum atomic E-state index is 11.6. The van der Waals surface area contributed by atoms with E-state index in [1.54, 1.807) is 23.0 Å². The van der Waals surface area contributed by atoms with Crippen molar-refractivity contribution in [3.63, 3.8) is 0 Å². The molecule has 2 aromatic rings. The molecule has 0 atom stereocenters. The summed E-state index contributed by atoms with van der Waals surface area (Å²) < 4.78 is 0. The van der Waals surface area contributed by atoms with Gasteiger partial charge in [0, 0.05) is 17.3 Å². The van der Waals surface area contributed by atoms with Crippen molar-refractivity contribution in [2.45, 2.75) is 0 Å². The quantitative estimate of drug-likeness (QED) is 0.819. The summed E-state index contributed by atoms with van der Waals surface area (Å²) in [5.74, 6) is -0.251. The third-order valence-corrected chi connectivity index (χ3v) is 2.44. The SMILES string of the molecule is O=C(Nc1ccnc(Cl)c1)c1cscn1. The number of anilines is 1. The molecule has 76 valence electrons. The first-order valence-electron chi connectivity index (χ1n) is 4.07. The molecule has 15 heavy (non-hydrogen) atoms. The Morgan fingerprint density at radius 1 is 1.47 bits per heavy atom. The fourth-order valence-corrected chi connectivity index (χ4v) is 1.71. The molecule has 0 aromatic carbocycles. The van der Waals surface area contributed by atoms with Crippen LogP contribution in [0.4, 0.5) is 5.69 Å². The number of halogens is 1. The highest BCUT2D eigenvalue weighted by Crippen LogP contribution is 2.13. The van der Waals surface area contributed by atoms with Crippen LogP contribution in [-0.4, -0.2) is 15.9 Å². The van der Waals surface area contributed by atoms with Crippen molar-refractivity contribution in [3.8, 4) is 0 Å². The molecule has 2 rings (SSSR count). The maximum Gasteiger partial charge on any atom is 0.275 e. The van der Waals surface area contributed by atoms with E-state index in [9.17, 15) is 4.79 Å². The molecule has 0 bridgehead atoms. The van der Waals surface area contributed by atoms with E-state index in [1.165, 1.54) is 17.5 Å². The molecule has 0 radical (unpaired) electrons. The van der Waals surface area contributed by atoms with E-state index in [4.69, 9.17) is 11.6 Å². The van der Waals surface area contributed by atoms with Gasteiger partial charge in [0.2, 0.25) is 0 Å². The van der Waals surface area contributed by atoms with E-state index < -0.39 is 0 Å². The number of thiazole rings is 1. The summed E-state index contributed by atoms with van der Waals surface area (Å²) in [7, 11) is 0. The molecule has 0 spiro atoms. The molecular formula is C9H6ClN3OS. The van der Waals surface area contributed by atoms with Gasteiger partial charge in [-0.15, -0.1) is 11.3 Å². The van der Waals surface area contributed by atoms with Crippen molar-refractivity contribution in [3.05, 3.63) is 40.1 Å². The van der Waals surface area contributed by atoms with Gasteiger partial charge in [-0.1, -0.05) is 11.6 Å². The zero-order valence-corrected chi connectivity index (χ0v) is 9.05. The van der Waals surface area contributed by atoms with Crippen LogP contribution in [0.2, 0.25) is 5.15 Å². The molecule has 0 aliphatic rings. The van der Waals surface area contributed by atoms with E-state index in [0.717, 1.165) is 0 Å². The molecule has 1 amide bonds. The van der Waals surface area contributed by atoms with Gasteiger partial charge >= 0.3 is 0 Å². The monoisotopic (exact) mass is 239 g/mol. The minimum atomic E-state index is -0.251. The van der Waals surface area contributed by atoms with Crippen LogP contribution in [0, 0.1) is 0 Å². The summed E-state index contributed by atoms with van der Waals surface area (Å²) in [4.78, 5) is 19.3. The van der Waals surface area contributed by atoms with Gasteiger partial charge in [0.25, 0.3) is 5.91 Å². The summed E-state index contributed by atoms with van der Waals surface area (Å²) in [6.45, 7) is 0. The Balaban J connectivity index is 2.13. The van der Waals surface area contributed by atoms with Gasteiger partial charge in [0.05, 0.1) is 5.51 Å². The van der Waals surface area contributed by atoms with Crippen molar-refractivity contribution < 1.29 is 4.79 Å². The molecule has 0 unspecified atom stereocenters. The molecule has 4 nitrogen and oxygen atoms in total. The molecule has 0 aliphatic heterocycles. The summed E-state index contributed by atoms with van der Waals surface area (Å²) >= 11 is 7.05. The van der Waals surface area contributed by atoms with E-state index in [0.29, 0.717) is 16.5 Å². The maximum absolute atomic E-state index is 11.6. The van der Waals surface area contributed by atoms with Gasteiger partial charge in [-0.05, 0) is 12.1 Å². The number of hydrogen-bond donors (Lipinski definition) is 1. The first kappa shape index (κ1) is 10.1. The smallest absolute Gasteiger partial charge is 0.275 e. The zero-order valence-electron chi connectivity index (χ0n) is 7.48. The second-order valence-corrected chi connectivity index (χ2v) is 3.80. The van der Waals surface area contributed by atoms with Crippen molar-refractivity contribution in [1.29, 1.82) is 0 Å². The number of nitrogens with zero attached hydrogens (tertiary/aromatic N) is 2. The van der Waals surface area contributed by atoms with E-state index in [2.05, 4.69) is 15.3 Å². The van der Waals surface area contributed by atoms with Gasteiger partial charge in [0.1, 0.15) is 10.8 Å². The van der Waals surface area contributed by atoms with E-state index in [1.807, 2.05) is 0 Å². The lowest BCUT2D eigenvalue weighted by atomic mass is 10.4. The summed E-state index contributed by atoms with van der Waals surface area (Å²) in [5.41, 5.74) is 2.61. The minimum absolute atomic E-state index is 0.251. The van der Waals surface area contributed by atoms with Crippen LogP contribution in [-0.2, 0) is 0 Å². The third-order valence-electron chi connectivity index (χ3n) is 1.65. The predicted octanol–water partition coefficient (Wildman–Crippen LogP) is 2.44. The van der Waals surface area contributed by atoms with Crippen LogP contribution in [0.1, 0.15) is 10.5 Å². The highest BCUT2D eigenvalue weighted by molar-refractivity contribution is 7.07. The first-order chi connectivity index (χ1) is 7.25. The lowest BCUT2D eigenvalue weighted by Gasteiger charge is -2.02. The molecule has 2 heterocycles. The van der Waals surface area contributed by atoms with Gasteiger partial charge in [-0.3, -0.25) is 4.79 Å². The molecular weight excluding hydrogens is 234 g/mol. The number of carbonyl (C=O) groups is 1. The zero-order chi connectivity index (χ0) is 10.7. The Kier molecular flexibility index (Phi) is 2.94. The lowest BCUT2D eigenvalue weighted by molar-refractivity contribution is 0.102. The van der Waals surface area contributed by atoms with Crippen molar-refractivity contribution >= 4 is 34.5 Å². The van der Waals surface area contributed by atoms with E-state index >= 15 is 0 Å².